The van der Waals surface area contributed by atoms with Crippen LogP contribution in [0.25, 0.3) is 0 Å². The summed E-state index contributed by atoms with van der Waals surface area (Å²) >= 11 is 0. The van der Waals surface area contributed by atoms with Gasteiger partial charge in [-0.2, -0.15) is 0 Å². The highest BCUT2D eigenvalue weighted by molar-refractivity contribution is 5.80. The first kappa shape index (κ1) is 18.0. The van der Waals surface area contributed by atoms with Crippen LogP contribution in [0.2, 0.25) is 0 Å². The molecule has 144 valence electrons. The Hall–Kier alpha value is -2.43. The molecule has 2 aromatic rings. The van der Waals surface area contributed by atoms with E-state index in [1.165, 1.54) is 0 Å². The highest BCUT2D eigenvalue weighted by Gasteiger charge is 2.37. The van der Waals surface area contributed by atoms with Crippen molar-refractivity contribution in [3.63, 3.8) is 0 Å². The van der Waals surface area contributed by atoms with E-state index in [1.54, 1.807) is 7.11 Å². The van der Waals surface area contributed by atoms with Gasteiger partial charge in [-0.05, 0) is 55.0 Å². The molecule has 27 heavy (non-hydrogen) atoms. The summed E-state index contributed by atoms with van der Waals surface area (Å²) in [7, 11) is 1.64. The Kier molecular flexibility index (Phi) is 4.41. The smallest absolute Gasteiger partial charge is 0.227 e. The molecule has 2 aliphatic rings. The normalized spacial score (nSPS) is 23.0. The fraction of sp³-hybridized carbons (Fsp3) is 0.500. The van der Waals surface area contributed by atoms with E-state index in [0.29, 0.717) is 13.0 Å². The zero-order chi connectivity index (χ0) is 19.2. The standard InChI is InChI=1S/C22H27NO4/c1-13-7-17-18(10-22(2,3)11-20(17)27-13)23-21(24)15-8-14-9-16(25-4)5-6-19(14)26-12-15/h5-7,9,15,18H,8,10-12H2,1-4H3,(H,23,24). The van der Waals surface area contributed by atoms with Crippen LogP contribution in [0.4, 0.5) is 0 Å². The molecule has 1 amide bonds. The summed E-state index contributed by atoms with van der Waals surface area (Å²) in [6.45, 7) is 6.81. The second-order valence-corrected chi connectivity index (χ2v) is 8.53. The van der Waals surface area contributed by atoms with Crippen LogP contribution in [0, 0.1) is 18.3 Å². The van der Waals surface area contributed by atoms with E-state index in [-0.39, 0.29) is 23.3 Å². The minimum Gasteiger partial charge on any atom is -0.497 e. The largest absolute Gasteiger partial charge is 0.497 e. The topological polar surface area (TPSA) is 60.7 Å². The van der Waals surface area contributed by atoms with E-state index >= 15 is 0 Å². The third kappa shape index (κ3) is 3.55. The lowest BCUT2D eigenvalue weighted by Gasteiger charge is -2.35. The number of furan rings is 1. The molecule has 1 aromatic carbocycles. The lowest BCUT2D eigenvalue weighted by Crippen LogP contribution is -2.42. The number of benzene rings is 1. The predicted octanol–water partition coefficient (Wildman–Crippen LogP) is 3.98. The molecular weight excluding hydrogens is 342 g/mol. The first-order valence-corrected chi connectivity index (χ1v) is 9.54. The number of hydrogen-bond acceptors (Lipinski definition) is 4. The molecule has 5 heteroatoms. The van der Waals surface area contributed by atoms with Crippen molar-refractivity contribution in [2.24, 2.45) is 11.3 Å². The first-order valence-electron chi connectivity index (χ1n) is 9.54. The fourth-order valence-electron chi connectivity index (χ4n) is 4.27. The lowest BCUT2D eigenvalue weighted by molar-refractivity contribution is -0.127. The Balaban J connectivity index is 1.51. The van der Waals surface area contributed by atoms with Crippen LogP contribution < -0.4 is 14.8 Å². The van der Waals surface area contributed by atoms with Crippen molar-refractivity contribution in [3.8, 4) is 11.5 Å². The Morgan fingerprint density at radius 1 is 1.30 bits per heavy atom. The summed E-state index contributed by atoms with van der Waals surface area (Å²) in [5.74, 6) is 3.36. The Morgan fingerprint density at radius 3 is 2.89 bits per heavy atom. The van der Waals surface area contributed by atoms with E-state index in [2.05, 4.69) is 25.2 Å². The van der Waals surface area contributed by atoms with Gasteiger partial charge in [0.15, 0.2) is 0 Å². The van der Waals surface area contributed by atoms with E-state index < -0.39 is 0 Å². The van der Waals surface area contributed by atoms with Gasteiger partial charge >= 0.3 is 0 Å². The highest BCUT2D eigenvalue weighted by Crippen LogP contribution is 2.42. The number of fused-ring (bicyclic) bond motifs is 2. The van der Waals surface area contributed by atoms with Gasteiger partial charge in [0.05, 0.1) is 19.1 Å². The molecule has 0 fully saturated rings. The van der Waals surface area contributed by atoms with E-state index in [4.69, 9.17) is 13.9 Å². The molecule has 1 aliphatic carbocycles. The maximum atomic E-state index is 13.0. The van der Waals surface area contributed by atoms with Crippen LogP contribution in [-0.4, -0.2) is 19.6 Å². The van der Waals surface area contributed by atoms with Crippen molar-refractivity contribution >= 4 is 5.91 Å². The number of rotatable bonds is 3. The van der Waals surface area contributed by atoms with E-state index in [9.17, 15) is 4.79 Å². The van der Waals surface area contributed by atoms with Crippen LogP contribution in [-0.2, 0) is 17.6 Å². The van der Waals surface area contributed by atoms with Gasteiger partial charge < -0.3 is 19.2 Å². The molecule has 1 N–H and O–H groups in total. The van der Waals surface area contributed by atoms with Crippen molar-refractivity contribution in [1.29, 1.82) is 0 Å². The molecule has 4 rings (SSSR count). The average Bonchev–Trinajstić information content (AvgIpc) is 2.99. The molecule has 1 aliphatic heterocycles. The van der Waals surface area contributed by atoms with Gasteiger partial charge in [0.25, 0.3) is 0 Å². The second-order valence-electron chi connectivity index (χ2n) is 8.53. The second kappa shape index (κ2) is 6.63. The third-order valence-electron chi connectivity index (χ3n) is 5.60. The molecule has 2 heterocycles. The van der Waals surface area contributed by atoms with Crippen molar-refractivity contribution in [1.82, 2.24) is 5.32 Å². The van der Waals surface area contributed by atoms with Crippen molar-refractivity contribution in [2.75, 3.05) is 13.7 Å². The van der Waals surface area contributed by atoms with Crippen molar-refractivity contribution < 1.29 is 18.7 Å². The van der Waals surface area contributed by atoms with Crippen LogP contribution in [0.15, 0.2) is 28.7 Å². The molecule has 0 radical (unpaired) electrons. The molecule has 0 saturated carbocycles. The number of methoxy groups -OCH3 is 1. The number of ether oxygens (including phenoxy) is 2. The number of nitrogens with one attached hydrogen (secondary N) is 1. The summed E-state index contributed by atoms with van der Waals surface area (Å²) in [6, 6.07) is 7.79. The maximum absolute atomic E-state index is 13.0. The van der Waals surface area contributed by atoms with Gasteiger partial charge in [-0.25, -0.2) is 0 Å². The number of amides is 1. The van der Waals surface area contributed by atoms with Crippen LogP contribution in [0.5, 0.6) is 11.5 Å². The first-order chi connectivity index (χ1) is 12.8. The minimum atomic E-state index is -0.203. The number of carbonyl (C=O) groups is 1. The SMILES string of the molecule is COc1ccc2c(c1)CC(C(=O)NC1CC(C)(C)Cc3oc(C)cc31)CO2. The van der Waals surface area contributed by atoms with Gasteiger partial charge in [-0.3, -0.25) is 4.79 Å². The van der Waals surface area contributed by atoms with E-state index in [1.807, 2.05) is 25.1 Å². The van der Waals surface area contributed by atoms with E-state index in [0.717, 1.165) is 47.0 Å². The number of aryl methyl sites for hydroxylation is 1. The summed E-state index contributed by atoms with van der Waals surface area (Å²) < 4.78 is 17.0. The monoisotopic (exact) mass is 369 g/mol. The maximum Gasteiger partial charge on any atom is 0.227 e. The minimum absolute atomic E-state index is 0.0135. The van der Waals surface area contributed by atoms with Gasteiger partial charge in [-0.15, -0.1) is 0 Å². The molecular formula is C22H27NO4. The van der Waals surface area contributed by atoms with Gasteiger partial charge in [0, 0.05) is 12.0 Å². The predicted molar refractivity (Wildman–Crippen MR) is 102 cm³/mol. The lowest BCUT2D eigenvalue weighted by atomic mass is 9.74. The van der Waals surface area contributed by atoms with Crippen LogP contribution in [0.1, 0.15) is 49.0 Å². The summed E-state index contributed by atoms with van der Waals surface area (Å²) in [4.78, 5) is 13.0. The van der Waals surface area contributed by atoms with Gasteiger partial charge in [-0.1, -0.05) is 13.8 Å². The molecule has 0 saturated heterocycles. The number of hydrogen-bond donors (Lipinski definition) is 1. The molecule has 5 nitrogen and oxygen atoms in total. The third-order valence-corrected chi connectivity index (χ3v) is 5.60. The summed E-state index contributed by atoms with van der Waals surface area (Å²) in [5.41, 5.74) is 2.24. The Labute approximate surface area is 160 Å². The molecule has 2 atom stereocenters. The molecule has 0 spiro atoms. The quantitative estimate of drug-likeness (QED) is 0.889. The summed E-state index contributed by atoms with van der Waals surface area (Å²) in [6.07, 6.45) is 2.47. The van der Waals surface area contributed by atoms with Crippen molar-refractivity contribution in [2.45, 2.75) is 46.1 Å². The summed E-state index contributed by atoms with van der Waals surface area (Å²) in [5, 5.41) is 3.26. The highest BCUT2D eigenvalue weighted by atomic mass is 16.5. The van der Waals surface area contributed by atoms with Gasteiger partial charge in [0.1, 0.15) is 29.6 Å². The average molecular weight is 369 g/mol. The zero-order valence-corrected chi connectivity index (χ0v) is 16.4. The number of carbonyl (C=O) groups excluding carboxylic acids is 1. The van der Waals surface area contributed by atoms with Crippen LogP contribution in [0.3, 0.4) is 0 Å². The van der Waals surface area contributed by atoms with Gasteiger partial charge in [0.2, 0.25) is 5.91 Å². The molecule has 0 bridgehead atoms. The molecule has 2 unspecified atom stereocenters. The Bertz CT molecular complexity index is 867. The zero-order valence-electron chi connectivity index (χ0n) is 16.4. The Morgan fingerprint density at radius 2 is 2.11 bits per heavy atom. The van der Waals surface area contributed by atoms with Crippen molar-refractivity contribution in [3.05, 3.63) is 46.9 Å². The fourth-order valence-corrected chi connectivity index (χ4v) is 4.27. The molecule has 1 aromatic heterocycles. The van der Waals surface area contributed by atoms with Crippen LogP contribution >= 0.6 is 0 Å².